The third-order valence-electron chi connectivity index (χ3n) is 4.39. The predicted octanol–water partition coefficient (Wildman–Crippen LogP) is 2.69. The molecule has 1 aromatic rings. The Morgan fingerprint density at radius 1 is 1.33 bits per heavy atom. The Morgan fingerprint density at radius 3 is 2.67 bits per heavy atom. The molecular formula is C18H30ClN3O2. The molecular weight excluding hydrogens is 326 g/mol. The van der Waals surface area contributed by atoms with Crippen LogP contribution in [0, 0.1) is 12.8 Å². The fourth-order valence-corrected chi connectivity index (χ4v) is 3.01. The molecule has 2 N–H and O–H groups in total. The van der Waals surface area contributed by atoms with Gasteiger partial charge in [0.15, 0.2) is 0 Å². The number of carbonyl (C=O) groups excluding carboxylic acids is 1. The summed E-state index contributed by atoms with van der Waals surface area (Å²) >= 11 is 0. The van der Waals surface area contributed by atoms with Crippen LogP contribution in [0.2, 0.25) is 0 Å². The molecule has 5 nitrogen and oxygen atoms in total. The average Bonchev–Trinajstić information content (AvgIpc) is 2.54. The van der Waals surface area contributed by atoms with Gasteiger partial charge in [0.1, 0.15) is 5.75 Å². The fourth-order valence-electron chi connectivity index (χ4n) is 3.01. The number of nitrogens with one attached hydrogen (secondary N) is 2. The molecule has 0 radical (unpaired) electrons. The van der Waals surface area contributed by atoms with Crippen molar-refractivity contribution in [1.82, 2.24) is 10.2 Å². The first kappa shape index (κ1) is 20.7. The van der Waals surface area contributed by atoms with Crippen LogP contribution in [0.5, 0.6) is 5.75 Å². The highest BCUT2D eigenvalue weighted by atomic mass is 35.5. The van der Waals surface area contributed by atoms with Gasteiger partial charge < -0.3 is 15.4 Å². The van der Waals surface area contributed by atoms with Crippen LogP contribution in [0.1, 0.15) is 25.3 Å². The maximum absolute atomic E-state index is 12.3. The minimum Gasteiger partial charge on any atom is -0.495 e. The Kier molecular flexibility index (Phi) is 9.11. The molecule has 0 spiro atoms. The second-order valence-electron chi connectivity index (χ2n) is 6.28. The van der Waals surface area contributed by atoms with Crippen LogP contribution >= 0.6 is 12.4 Å². The van der Waals surface area contributed by atoms with Crippen molar-refractivity contribution in [3.05, 3.63) is 23.8 Å². The molecule has 6 heteroatoms. The average molecular weight is 356 g/mol. The van der Waals surface area contributed by atoms with Crippen molar-refractivity contribution < 1.29 is 9.53 Å². The Hall–Kier alpha value is -1.30. The monoisotopic (exact) mass is 355 g/mol. The normalized spacial score (nSPS) is 15.6. The van der Waals surface area contributed by atoms with E-state index in [1.54, 1.807) is 7.11 Å². The third-order valence-corrected chi connectivity index (χ3v) is 4.39. The number of methoxy groups -OCH3 is 1. The number of benzene rings is 1. The summed E-state index contributed by atoms with van der Waals surface area (Å²) in [4.78, 5) is 14.5. The largest absolute Gasteiger partial charge is 0.495 e. The van der Waals surface area contributed by atoms with Crippen LogP contribution in [-0.4, -0.2) is 50.6 Å². The highest BCUT2D eigenvalue weighted by Gasteiger charge is 2.20. The minimum atomic E-state index is 0. The number of hydrogen-bond donors (Lipinski definition) is 2. The van der Waals surface area contributed by atoms with Gasteiger partial charge in [0, 0.05) is 0 Å². The zero-order valence-corrected chi connectivity index (χ0v) is 15.7. The zero-order valence-electron chi connectivity index (χ0n) is 14.9. The molecule has 1 saturated heterocycles. The number of ether oxygens (including phenoxy) is 1. The SMILES string of the molecule is CCNCC1CCN(CC(=O)Nc2cc(C)ccc2OC)CC1.Cl. The van der Waals surface area contributed by atoms with Crippen molar-refractivity contribution in [2.75, 3.05) is 45.2 Å². The molecule has 136 valence electrons. The number of nitrogens with zero attached hydrogens (tertiary/aromatic N) is 1. The van der Waals surface area contributed by atoms with E-state index < -0.39 is 0 Å². The summed E-state index contributed by atoms with van der Waals surface area (Å²) < 4.78 is 5.31. The van der Waals surface area contributed by atoms with Crippen LogP contribution in [0.3, 0.4) is 0 Å². The van der Waals surface area contributed by atoms with Gasteiger partial charge in [0.05, 0.1) is 19.3 Å². The van der Waals surface area contributed by atoms with Crippen molar-refractivity contribution in [1.29, 1.82) is 0 Å². The van der Waals surface area contributed by atoms with Crippen LogP contribution in [-0.2, 0) is 4.79 Å². The van der Waals surface area contributed by atoms with E-state index in [-0.39, 0.29) is 18.3 Å². The van der Waals surface area contributed by atoms with Crippen molar-refractivity contribution in [2.24, 2.45) is 5.92 Å². The van der Waals surface area contributed by atoms with Gasteiger partial charge in [0.25, 0.3) is 0 Å². The molecule has 1 aliphatic heterocycles. The van der Waals surface area contributed by atoms with E-state index in [1.165, 1.54) is 0 Å². The first-order valence-corrected chi connectivity index (χ1v) is 8.50. The van der Waals surface area contributed by atoms with Gasteiger partial charge >= 0.3 is 0 Å². The van der Waals surface area contributed by atoms with Crippen LogP contribution in [0.25, 0.3) is 0 Å². The van der Waals surface area contributed by atoms with E-state index in [2.05, 4.69) is 22.5 Å². The van der Waals surface area contributed by atoms with Gasteiger partial charge in [-0.2, -0.15) is 0 Å². The minimum absolute atomic E-state index is 0. The summed E-state index contributed by atoms with van der Waals surface area (Å²) in [6, 6.07) is 5.81. The van der Waals surface area contributed by atoms with Crippen LogP contribution in [0.15, 0.2) is 18.2 Å². The molecule has 0 aromatic heterocycles. The quantitative estimate of drug-likeness (QED) is 0.789. The Bertz CT molecular complexity index is 517. The predicted molar refractivity (Wildman–Crippen MR) is 101 cm³/mol. The summed E-state index contributed by atoms with van der Waals surface area (Å²) in [7, 11) is 1.62. The number of hydrogen-bond acceptors (Lipinski definition) is 4. The highest BCUT2D eigenvalue weighted by Crippen LogP contribution is 2.25. The number of halogens is 1. The molecule has 0 unspecified atom stereocenters. The smallest absolute Gasteiger partial charge is 0.238 e. The number of amides is 1. The number of carbonyl (C=O) groups is 1. The Morgan fingerprint density at radius 2 is 2.04 bits per heavy atom. The first-order chi connectivity index (χ1) is 11.1. The molecule has 0 aliphatic carbocycles. The first-order valence-electron chi connectivity index (χ1n) is 8.50. The number of aryl methyl sites for hydroxylation is 1. The van der Waals surface area contributed by atoms with E-state index in [4.69, 9.17) is 4.74 Å². The third kappa shape index (κ3) is 6.30. The Balaban J connectivity index is 0.00000288. The van der Waals surface area contributed by atoms with Crippen molar-refractivity contribution in [3.63, 3.8) is 0 Å². The molecule has 1 aliphatic rings. The van der Waals surface area contributed by atoms with E-state index in [0.717, 1.165) is 56.2 Å². The van der Waals surface area contributed by atoms with E-state index in [1.807, 2.05) is 25.1 Å². The Labute approximate surface area is 151 Å². The van der Waals surface area contributed by atoms with Crippen molar-refractivity contribution >= 4 is 24.0 Å². The van der Waals surface area contributed by atoms with Crippen LogP contribution < -0.4 is 15.4 Å². The molecule has 1 amide bonds. The molecule has 1 aromatic carbocycles. The highest BCUT2D eigenvalue weighted by molar-refractivity contribution is 5.93. The fraction of sp³-hybridized carbons (Fsp3) is 0.611. The number of likely N-dealkylation sites (tertiary alicyclic amines) is 1. The molecule has 24 heavy (non-hydrogen) atoms. The van der Waals surface area contributed by atoms with E-state index in [9.17, 15) is 4.79 Å². The maximum Gasteiger partial charge on any atom is 0.238 e. The second kappa shape index (κ2) is 10.5. The zero-order chi connectivity index (χ0) is 16.7. The number of anilines is 1. The van der Waals surface area contributed by atoms with Gasteiger partial charge in [-0.1, -0.05) is 13.0 Å². The topological polar surface area (TPSA) is 53.6 Å². The lowest BCUT2D eigenvalue weighted by atomic mass is 9.97. The van der Waals surface area contributed by atoms with Gasteiger partial charge in [0.2, 0.25) is 5.91 Å². The number of rotatable bonds is 7. The van der Waals surface area contributed by atoms with Crippen LogP contribution in [0.4, 0.5) is 5.69 Å². The molecule has 0 saturated carbocycles. The summed E-state index contributed by atoms with van der Waals surface area (Å²) in [5.74, 6) is 1.47. The lowest BCUT2D eigenvalue weighted by molar-refractivity contribution is -0.117. The summed E-state index contributed by atoms with van der Waals surface area (Å²) in [5, 5.41) is 6.39. The summed E-state index contributed by atoms with van der Waals surface area (Å²) in [6.45, 7) is 8.70. The van der Waals surface area contributed by atoms with Crippen molar-refractivity contribution in [3.8, 4) is 5.75 Å². The van der Waals surface area contributed by atoms with Crippen molar-refractivity contribution in [2.45, 2.75) is 26.7 Å². The van der Waals surface area contributed by atoms with Gasteiger partial charge in [-0.3, -0.25) is 9.69 Å². The molecule has 2 rings (SSSR count). The molecule has 1 heterocycles. The van der Waals surface area contributed by atoms with E-state index in [0.29, 0.717) is 12.3 Å². The molecule has 1 fully saturated rings. The molecule has 0 bridgehead atoms. The maximum atomic E-state index is 12.3. The lowest BCUT2D eigenvalue weighted by Gasteiger charge is -2.31. The summed E-state index contributed by atoms with van der Waals surface area (Å²) in [5.41, 5.74) is 1.85. The van der Waals surface area contributed by atoms with Gasteiger partial charge in [-0.05, 0) is 69.6 Å². The lowest BCUT2D eigenvalue weighted by Crippen LogP contribution is -2.41. The number of piperidine rings is 1. The van der Waals surface area contributed by atoms with Gasteiger partial charge in [-0.15, -0.1) is 12.4 Å². The summed E-state index contributed by atoms with van der Waals surface area (Å²) in [6.07, 6.45) is 2.32. The molecule has 0 atom stereocenters. The second-order valence-corrected chi connectivity index (χ2v) is 6.28. The van der Waals surface area contributed by atoms with Gasteiger partial charge in [-0.25, -0.2) is 0 Å². The van der Waals surface area contributed by atoms with E-state index >= 15 is 0 Å². The standard InChI is InChI=1S/C18H29N3O2.ClH/c1-4-19-12-15-7-9-21(10-8-15)13-18(22)20-16-11-14(2)5-6-17(16)23-3;/h5-6,11,15,19H,4,7-10,12-13H2,1-3H3,(H,20,22);1H.